The zero-order chi connectivity index (χ0) is 24.8. The molecule has 0 spiro atoms. The molecule has 1 atom stereocenters. The summed E-state index contributed by atoms with van der Waals surface area (Å²) in [5.41, 5.74) is 1.95. The molecule has 0 aromatic heterocycles. The van der Waals surface area contributed by atoms with Crippen molar-refractivity contribution in [1.29, 1.82) is 0 Å². The molecule has 182 valence electrons. The minimum atomic E-state index is -0.990. The second-order valence-electron chi connectivity index (χ2n) is 8.02. The van der Waals surface area contributed by atoms with Crippen LogP contribution < -0.4 is 5.32 Å². The second-order valence-corrected chi connectivity index (χ2v) is 8.02. The molecule has 0 bridgehead atoms. The predicted octanol–water partition coefficient (Wildman–Crippen LogP) is 4.75. The molecule has 0 aliphatic heterocycles. The molecule has 0 aliphatic rings. The molecule has 3 N–H and O–H groups in total. The van der Waals surface area contributed by atoms with Crippen LogP contribution in [0.5, 0.6) is 0 Å². The fourth-order valence-corrected chi connectivity index (χ4v) is 4.13. The van der Waals surface area contributed by atoms with E-state index >= 15 is 0 Å². The standard InChI is InChI=1S/C23H23NO3.C6H15N/c25-17-16-21(22(26)27)24-23(18-10-4-1-5-11-18,19-12-6-2-7-13-19)20-14-8-3-9-15-20;1-4-7(5-2)6-3/h1-15,21,24-25H,16-17H2,(H,26,27);4-6H2,1-3H3/t21-;/m0./s1. The molecule has 0 saturated heterocycles. The van der Waals surface area contributed by atoms with Gasteiger partial charge in [0, 0.05) is 6.61 Å². The van der Waals surface area contributed by atoms with Crippen LogP contribution in [0, 0.1) is 0 Å². The van der Waals surface area contributed by atoms with Crippen LogP contribution in [-0.2, 0) is 10.3 Å². The topological polar surface area (TPSA) is 72.8 Å². The molecule has 0 radical (unpaired) electrons. The highest BCUT2D eigenvalue weighted by atomic mass is 16.4. The van der Waals surface area contributed by atoms with Crippen molar-refractivity contribution >= 4 is 5.97 Å². The van der Waals surface area contributed by atoms with E-state index in [9.17, 15) is 15.0 Å². The molecule has 3 aromatic rings. The van der Waals surface area contributed by atoms with Gasteiger partial charge in [0.05, 0.1) is 5.54 Å². The largest absolute Gasteiger partial charge is 0.480 e. The summed E-state index contributed by atoms with van der Waals surface area (Å²) in [7, 11) is 0. The Morgan fingerprint density at radius 3 is 1.35 bits per heavy atom. The molecule has 0 heterocycles. The Hall–Kier alpha value is -2.99. The van der Waals surface area contributed by atoms with Crippen LogP contribution in [0.15, 0.2) is 91.0 Å². The van der Waals surface area contributed by atoms with Crippen molar-refractivity contribution in [3.63, 3.8) is 0 Å². The molecule has 3 rings (SSSR count). The molecular formula is C29H38N2O3. The molecular weight excluding hydrogens is 424 g/mol. The number of benzene rings is 3. The van der Waals surface area contributed by atoms with Crippen molar-refractivity contribution in [2.75, 3.05) is 26.2 Å². The summed E-state index contributed by atoms with van der Waals surface area (Å²) in [6, 6.07) is 28.5. The van der Waals surface area contributed by atoms with Crippen LogP contribution in [0.1, 0.15) is 43.9 Å². The minimum Gasteiger partial charge on any atom is -0.480 e. The summed E-state index contributed by atoms with van der Waals surface area (Å²) in [5, 5.41) is 22.5. The van der Waals surface area contributed by atoms with Crippen molar-refractivity contribution in [3.05, 3.63) is 108 Å². The summed E-state index contributed by atoms with van der Waals surface area (Å²) in [6.45, 7) is 9.92. The molecule has 0 aliphatic carbocycles. The van der Waals surface area contributed by atoms with E-state index in [0.29, 0.717) is 0 Å². The average molecular weight is 463 g/mol. The van der Waals surface area contributed by atoms with Crippen LogP contribution >= 0.6 is 0 Å². The fraction of sp³-hybridized carbons (Fsp3) is 0.345. The van der Waals surface area contributed by atoms with E-state index in [4.69, 9.17) is 0 Å². The molecule has 0 saturated carbocycles. The monoisotopic (exact) mass is 462 g/mol. The van der Waals surface area contributed by atoms with Gasteiger partial charge < -0.3 is 15.1 Å². The third-order valence-corrected chi connectivity index (χ3v) is 6.07. The smallest absolute Gasteiger partial charge is 0.320 e. The molecule has 5 heteroatoms. The summed E-state index contributed by atoms with van der Waals surface area (Å²) >= 11 is 0. The highest BCUT2D eigenvalue weighted by molar-refractivity contribution is 5.74. The Balaban J connectivity index is 0.000000509. The number of hydrogen-bond donors (Lipinski definition) is 3. The number of nitrogens with zero attached hydrogens (tertiary/aromatic N) is 1. The number of aliphatic carboxylic acids is 1. The van der Waals surface area contributed by atoms with Crippen LogP contribution in [0.25, 0.3) is 0 Å². The van der Waals surface area contributed by atoms with Crippen molar-refractivity contribution in [3.8, 4) is 0 Å². The number of carboxylic acid groups (broad SMARTS) is 1. The Morgan fingerprint density at radius 1 is 0.765 bits per heavy atom. The fourth-order valence-electron chi connectivity index (χ4n) is 4.13. The average Bonchev–Trinajstić information content (AvgIpc) is 2.89. The van der Waals surface area contributed by atoms with E-state index in [0.717, 1.165) is 16.7 Å². The Bertz CT molecular complexity index is 843. The predicted molar refractivity (Wildman–Crippen MR) is 139 cm³/mol. The molecule has 0 unspecified atom stereocenters. The van der Waals surface area contributed by atoms with Crippen LogP contribution in [0.3, 0.4) is 0 Å². The zero-order valence-electron chi connectivity index (χ0n) is 20.5. The van der Waals surface area contributed by atoms with E-state index in [1.807, 2.05) is 91.0 Å². The number of carbonyl (C=O) groups is 1. The molecule has 3 aromatic carbocycles. The first-order valence-electron chi connectivity index (χ1n) is 12.0. The van der Waals surface area contributed by atoms with E-state index in [1.165, 1.54) is 19.6 Å². The highest BCUT2D eigenvalue weighted by Gasteiger charge is 2.39. The van der Waals surface area contributed by atoms with Crippen molar-refractivity contribution < 1.29 is 15.0 Å². The van der Waals surface area contributed by atoms with Gasteiger partial charge in [-0.1, -0.05) is 112 Å². The van der Waals surface area contributed by atoms with Gasteiger partial charge >= 0.3 is 5.97 Å². The van der Waals surface area contributed by atoms with Gasteiger partial charge in [0.2, 0.25) is 0 Å². The highest BCUT2D eigenvalue weighted by Crippen LogP contribution is 2.37. The lowest BCUT2D eigenvalue weighted by Crippen LogP contribution is -2.52. The zero-order valence-corrected chi connectivity index (χ0v) is 20.5. The van der Waals surface area contributed by atoms with Gasteiger partial charge in [-0.2, -0.15) is 0 Å². The van der Waals surface area contributed by atoms with Crippen molar-refractivity contribution in [2.24, 2.45) is 0 Å². The van der Waals surface area contributed by atoms with E-state index in [1.54, 1.807) is 0 Å². The lowest BCUT2D eigenvalue weighted by Gasteiger charge is -2.39. The number of aliphatic hydroxyl groups is 1. The van der Waals surface area contributed by atoms with E-state index in [-0.39, 0.29) is 13.0 Å². The normalized spacial score (nSPS) is 12.0. The number of nitrogens with one attached hydrogen (secondary N) is 1. The van der Waals surface area contributed by atoms with Gasteiger partial charge in [-0.05, 0) is 42.7 Å². The third-order valence-electron chi connectivity index (χ3n) is 6.07. The Labute approximate surface area is 204 Å². The number of aliphatic hydroxyl groups excluding tert-OH is 1. The summed E-state index contributed by atoms with van der Waals surface area (Å²) in [5.74, 6) is -0.990. The molecule has 0 amide bonds. The summed E-state index contributed by atoms with van der Waals surface area (Å²) in [6.07, 6.45) is 0.115. The maximum atomic E-state index is 11.9. The maximum absolute atomic E-state index is 11.9. The SMILES string of the molecule is CCN(CC)CC.O=C(O)[C@H](CCO)NC(c1ccccc1)(c1ccccc1)c1ccccc1. The molecule has 34 heavy (non-hydrogen) atoms. The lowest BCUT2D eigenvalue weighted by atomic mass is 9.76. The van der Waals surface area contributed by atoms with Crippen LogP contribution in [-0.4, -0.2) is 53.4 Å². The van der Waals surface area contributed by atoms with Gasteiger partial charge in [-0.25, -0.2) is 0 Å². The van der Waals surface area contributed by atoms with Gasteiger partial charge in [0.1, 0.15) is 6.04 Å². The van der Waals surface area contributed by atoms with E-state index in [2.05, 4.69) is 31.0 Å². The van der Waals surface area contributed by atoms with Gasteiger partial charge in [0.15, 0.2) is 0 Å². The van der Waals surface area contributed by atoms with Gasteiger partial charge in [0.25, 0.3) is 0 Å². The summed E-state index contributed by atoms with van der Waals surface area (Å²) < 4.78 is 0. The number of carboxylic acids is 1. The van der Waals surface area contributed by atoms with Crippen molar-refractivity contribution in [2.45, 2.75) is 38.8 Å². The maximum Gasteiger partial charge on any atom is 0.320 e. The number of rotatable bonds is 11. The van der Waals surface area contributed by atoms with Crippen LogP contribution in [0.2, 0.25) is 0 Å². The quantitative estimate of drug-likeness (QED) is 0.359. The van der Waals surface area contributed by atoms with E-state index < -0.39 is 17.6 Å². The first kappa shape index (κ1) is 27.3. The van der Waals surface area contributed by atoms with Crippen LogP contribution in [0.4, 0.5) is 0 Å². The second kappa shape index (κ2) is 14.3. The first-order chi connectivity index (χ1) is 16.5. The number of hydrogen-bond acceptors (Lipinski definition) is 4. The lowest BCUT2D eigenvalue weighted by molar-refractivity contribution is -0.140. The van der Waals surface area contributed by atoms with Gasteiger partial charge in [-0.15, -0.1) is 0 Å². The Kier molecular flexibility index (Phi) is 11.5. The van der Waals surface area contributed by atoms with Crippen molar-refractivity contribution in [1.82, 2.24) is 10.2 Å². The third kappa shape index (κ3) is 7.00. The molecule has 0 fully saturated rings. The first-order valence-corrected chi connectivity index (χ1v) is 12.0. The minimum absolute atomic E-state index is 0.115. The van der Waals surface area contributed by atoms with Gasteiger partial charge in [-0.3, -0.25) is 10.1 Å². The summed E-state index contributed by atoms with van der Waals surface area (Å²) in [4.78, 5) is 14.3. The Morgan fingerprint density at radius 2 is 1.12 bits per heavy atom. The molecule has 5 nitrogen and oxygen atoms in total.